The molecule has 2 rings (SSSR count). The highest BCUT2D eigenvalue weighted by atomic mass is 79.9. The molecule has 0 amide bonds. The van der Waals surface area contributed by atoms with Crippen LogP contribution >= 0.6 is 27.7 Å². The second-order valence-corrected chi connectivity index (χ2v) is 6.11. The number of ether oxygens (including phenoxy) is 1. The molecule has 0 fully saturated rings. The van der Waals surface area contributed by atoms with Crippen molar-refractivity contribution in [1.82, 2.24) is 0 Å². The maximum absolute atomic E-state index is 13.3. The number of thioether (sulfide) groups is 1. The van der Waals surface area contributed by atoms with Gasteiger partial charge in [-0.15, -0.1) is 11.8 Å². The standard InChI is InChI=1S/C15H12BrFO3S/c1-20-14-5-2-9(6-12(14)16)8-21-10-3-4-13(17)11(7-10)15(18)19/h2-7H,8H2,1H3,(H,18,19). The molecular weight excluding hydrogens is 359 g/mol. The molecule has 0 radical (unpaired) electrons. The smallest absolute Gasteiger partial charge is 0.338 e. The van der Waals surface area contributed by atoms with Crippen LogP contribution in [0, 0.1) is 5.82 Å². The molecule has 1 N–H and O–H groups in total. The number of carbonyl (C=O) groups is 1. The van der Waals surface area contributed by atoms with Gasteiger partial charge in [0.2, 0.25) is 0 Å². The summed E-state index contributed by atoms with van der Waals surface area (Å²) in [5.41, 5.74) is 0.741. The van der Waals surface area contributed by atoms with E-state index in [1.54, 1.807) is 13.2 Å². The molecule has 0 saturated heterocycles. The zero-order chi connectivity index (χ0) is 15.4. The minimum atomic E-state index is -1.26. The van der Waals surface area contributed by atoms with Gasteiger partial charge >= 0.3 is 5.97 Å². The van der Waals surface area contributed by atoms with Crippen molar-refractivity contribution in [2.75, 3.05) is 7.11 Å². The van der Waals surface area contributed by atoms with Crippen LogP contribution in [0.15, 0.2) is 45.8 Å². The molecule has 0 bridgehead atoms. The molecule has 0 spiro atoms. The Morgan fingerprint density at radius 1 is 1.33 bits per heavy atom. The van der Waals surface area contributed by atoms with Crippen LogP contribution in [0.25, 0.3) is 0 Å². The molecular formula is C15H12BrFO3S. The minimum absolute atomic E-state index is 0.309. The summed E-state index contributed by atoms with van der Waals surface area (Å²) >= 11 is 4.86. The molecule has 0 unspecified atom stereocenters. The lowest BCUT2D eigenvalue weighted by molar-refractivity contribution is 0.0691. The third-order valence-corrected chi connectivity index (χ3v) is 4.47. The summed E-state index contributed by atoms with van der Waals surface area (Å²) < 4.78 is 19.3. The largest absolute Gasteiger partial charge is 0.496 e. The quantitative estimate of drug-likeness (QED) is 0.782. The van der Waals surface area contributed by atoms with Crippen LogP contribution in [-0.4, -0.2) is 18.2 Å². The Morgan fingerprint density at radius 2 is 2.10 bits per heavy atom. The molecule has 2 aromatic rings. The first-order chi connectivity index (χ1) is 10.0. The maximum Gasteiger partial charge on any atom is 0.338 e. The van der Waals surface area contributed by atoms with E-state index in [1.165, 1.54) is 23.9 Å². The number of carboxylic acid groups (broad SMARTS) is 1. The fraction of sp³-hybridized carbons (Fsp3) is 0.133. The van der Waals surface area contributed by atoms with Gasteiger partial charge in [0, 0.05) is 10.6 Å². The van der Waals surface area contributed by atoms with E-state index in [1.807, 2.05) is 18.2 Å². The van der Waals surface area contributed by atoms with E-state index in [2.05, 4.69) is 15.9 Å². The number of methoxy groups -OCH3 is 1. The predicted octanol–water partition coefficient (Wildman–Crippen LogP) is 4.59. The van der Waals surface area contributed by atoms with Crippen LogP contribution in [0.1, 0.15) is 15.9 Å². The first kappa shape index (κ1) is 15.9. The molecule has 21 heavy (non-hydrogen) atoms. The number of rotatable bonds is 5. The average Bonchev–Trinajstić information content (AvgIpc) is 2.46. The van der Waals surface area contributed by atoms with Crippen molar-refractivity contribution in [3.8, 4) is 5.75 Å². The van der Waals surface area contributed by atoms with E-state index in [-0.39, 0.29) is 5.56 Å². The molecule has 110 valence electrons. The summed E-state index contributed by atoms with van der Waals surface area (Å²) in [6.07, 6.45) is 0. The Balaban J connectivity index is 2.11. The summed E-state index contributed by atoms with van der Waals surface area (Å²) in [6.45, 7) is 0. The van der Waals surface area contributed by atoms with Gasteiger partial charge < -0.3 is 9.84 Å². The van der Waals surface area contributed by atoms with Crippen LogP contribution in [-0.2, 0) is 5.75 Å². The van der Waals surface area contributed by atoms with Crippen molar-refractivity contribution in [3.05, 3.63) is 57.8 Å². The molecule has 0 aliphatic carbocycles. The van der Waals surface area contributed by atoms with Crippen molar-refractivity contribution >= 4 is 33.7 Å². The molecule has 3 nitrogen and oxygen atoms in total. The van der Waals surface area contributed by atoms with Crippen molar-refractivity contribution in [2.24, 2.45) is 0 Å². The van der Waals surface area contributed by atoms with Gasteiger partial charge in [-0.1, -0.05) is 6.07 Å². The summed E-state index contributed by atoms with van der Waals surface area (Å²) in [5, 5.41) is 8.90. The van der Waals surface area contributed by atoms with E-state index in [0.29, 0.717) is 10.6 Å². The maximum atomic E-state index is 13.3. The van der Waals surface area contributed by atoms with Crippen molar-refractivity contribution in [2.45, 2.75) is 10.6 Å². The third-order valence-electron chi connectivity index (χ3n) is 2.79. The van der Waals surface area contributed by atoms with Crippen LogP contribution in [0.3, 0.4) is 0 Å². The number of benzene rings is 2. The van der Waals surface area contributed by atoms with Gasteiger partial charge in [0.1, 0.15) is 11.6 Å². The molecule has 6 heteroatoms. The topological polar surface area (TPSA) is 46.5 Å². The highest BCUT2D eigenvalue weighted by molar-refractivity contribution is 9.10. The Labute approximate surface area is 134 Å². The predicted molar refractivity (Wildman–Crippen MR) is 83.6 cm³/mol. The Kier molecular flexibility index (Phi) is 5.25. The second kappa shape index (κ2) is 6.95. The van der Waals surface area contributed by atoms with E-state index in [9.17, 15) is 9.18 Å². The highest BCUT2D eigenvalue weighted by Gasteiger charge is 2.11. The summed E-state index contributed by atoms with van der Waals surface area (Å²) in [5.74, 6) is -0.590. The lowest BCUT2D eigenvalue weighted by Gasteiger charge is -2.07. The summed E-state index contributed by atoms with van der Waals surface area (Å²) in [7, 11) is 1.60. The summed E-state index contributed by atoms with van der Waals surface area (Å²) in [6, 6.07) is 9.82. The van der Waals surface area contributed by atoms with Gasteiger partial charge in [-0.3, -0.25) is 0 Å². The average molecular weight is 371 g/mol. The molecule has 0 saturated carbocycles. The second-order valence-electron chi connectivity index (χ2n) is 4.20. The van der Waals surface area contributed by atoms with Gasteiger partial charge in [0.25, 0.3) is 0 Å². The monoisotopic (exact) mass is 370 g/mol. The first-order valence-corrected chi connectivity index (χ1v) is 7.77. The number of hydrogen-bond donors (Lipinski definition) is 1. The number of halogens is 2. The SMILES string of the molecule is COc1ccc(CSc2ccc(F)c(C(=O)O)c2)cc1Br. The van der Waals surface area contributed by atoms with Gasteiger partial charge in [-0.2, -0.15) is 0 Å². The number of carboxylic acids is 1. The lowest BCUT2D eigenvalue weighted by Crippen LogP contribution is -2.00. The fourth-order valence-electron chi connectivity index (χ4n) is 1.72. The Morgan fingerprint density at radius 3 is 2.71 bits per heavy atom. The Bertz CT molecular complexity index is 676. The van der Waals surface area contributed by atoms with Gasteiger partial charge in [0.05, 0.1) is 17.1 Å². The van der Waals surface area contributed by atoms with Crippen molar-refractivity contribution in [1.29, 1.82) is 0 Å². The van der Waals surface area contributed by atoms with E-state index in [0.717, 1.165) is 15.8 Å². The van der Waals surface area contributed by atoms with Crippen LogP contribution in [0.4, 0.5) is 4.39 Å². The van der Waals surface area contributed by atoms with Crippen molar-refractivity contribution in [3.63, 3.8) is 0 Å². The molecule has 0 aliphatic rings. The number of aromatic carboxylic acids is 1. The fourth-order valence-corrected chi connectivity index (χ4v) is 3.19. The number of hydrogen-bond acceptors (Lipinski definition) is 3. The highest BCUT2D eigenvalue weighted by Crippen LogP contribution is 2.30. The Hall–Kier alpha value is -1.53. The normalized spacial score (nSPS) is 10.4. The third kappa shape index (κ3) is 3.98. The van der Waals surface area contributed by atoms with E-state index >= 15 is 0 Å². The zero-order valence-electron chi connectivity index (χ0n) is 11.1. The van der Waals surface area contributed by atoms with E-state index < -0.39 is 11.8 Å². The minimum Gasteiger partial charge on any atom is -0.496 e. The lowest BCUT2D eigenvalue weighted by atomic mass is 10.2. The van der Waals surface area contributed by atoms with Gasteiger partial charge in [0.15, 0.2) is 0 Å². The molecule has 0 aromatic heterocycles. The summed E-state index contributed by atoms with van der Waals surface area (Å²) in [4.78, 5) is 11.6. The molecule has 2 aromatic carbocycles. The van der Waals surface area contributed by atoms with Crippen LogP contribution in [0.5, 0.6) is 5.75 Å². The molecule has 0 aliphatic heterocycles. The molecule has 0 atom stereocenters. The molecule has 0 heterocycles. The van der Waals surface area contributed by atoms with Crippen LogP contribution in [0.2, 0.25) is 0 Å². The van der Waals surface area contributed by atoms with E-state index in [4.69, 9.17) is 9.84 Å². The van der Waals surface area contributed by atoms with Crippen LogP contribution < -0.4 is 4.74 Å². The zero-order valence-corrected chi connectivity index (χ0v) is 13.5. The van der Waals surface area contributed by atoms with Crippen molar-refractivity contribution < 1.29 is 19.0 Å². The van der Waals surface area contributed by atoms with Gasteiger partial charge in [-0.25, -0.2) is 9.18 Å². The first-order valence-electron chi connectivity index (χ1n) is 5.99. The van der Waals surface area contributed by atoms with Gasteiger partial charge in [-0.05, 0) is 51.8 Å².